The number of urea groups is 1. The number of carbonyl (C=O) groups excluding carboxylic acids is 1. The molecule has 23 heavy (non-hydrogen) atoms. The van der Waals surface area contributed by atoms with Crippen molar-refractivity contribution in [1.82, 2.24) is 9.80 Å². The Balaban J connectivity index is 1.74. The maximum Gasteiger partial charge on any atom is 0.321 e. The van der Waals surface area contributed by atoms with Crippen LogP contribution in [-0.2, 0) is 0 Å². The van der Waals surface area contributed by atoms with Gasteiger partial charge in [-0.15, -0.1) is 0 Å². The number of aliphatic hydroxyl groups is 1. The SMILES string of the molecule is Cc1ccc(NC(=O)N2CCN(CCCCCO)CC2)cc1Cl. The van der Waals surface area contributed by atoms with Crippen LogP contribution in [0.1, 0.15) is 24.8 Å². The standard InChI is InChI=1S/C17H26ClN3O2/c1-14-5-6-15(13-16(14)18)19-17(23)21-10-8-20(9-11-21)7-3-2-4-12-22/h5-6,13,22H,2-4,7-12H2,1H3,(H,19,23). The largest absolute Gasteiger partial charge is 0.396 e. The Morgan fingerprint density at radius 2 is 1.96 bits per heavy atom. The van der Waals surface area contributed by atoms with Crippen molar-refractivity contribution in [2.24, 2.45) is 0 Å². The zero-order valence-electron chi connectivity index (χ0n) is 13.7. The maximum atomic E-state index is 12.3. The molecule has 0 saturated carbocycles. The molecule has 0 aromatic heterocycles. The Kier molecular flexibility index (Phi) is 7.15. The first kappa shape index (κ1) is 18.0. The first-order valence-electron chi connectivity index (χ1n) is 8.25. The molecule has 5 nitrogen and oxygen atoms in total. The molecule has 0 spiro atoms. The molecule has 1 aliphatic rings. The van der Waals surface area contributed by atoms with Gasteiger partial charge in [-0.05, 0) is 50.4 Å². The number of rotatable bonds is 6. The third-order valence-corrected chi connectivity index (χ3v) is 4.62. The second-order valence-corrected chi connectivity index (χ2v) is 6.41. The summed E-state index contributed by atoms with van der Waals surface area (Å²) in [6.45, 7) is 6.55. The molecule has 2 N–H and O–H groups in total. The van der Waals surface area contributed by atoms with Gasteiger partial charge < -0.3 is 15.3 Å². The smallest absolute Gasteiger partial charge is 0.321 e. The number of carbonyl (C=O) groups is 1. The Morgan fingerprint density at radius 1 is 1.22 bits per heavy atom. The Bertz CT molecular complexity index is 517. The Hall–Kier alpha value is -1.30. The van der Waals surface area contributed by atoms with Crippen LogP contribution in [0.4, 0.5) is 10.5 Å². The van der Waals surface area contributed by atoms with Crippen molar-refractivity contribution in [2.45, 2.75) is 26.2 Å². The van der Waals surface area contributed by atoms with Gasteiger partial charge in [0.1, 0.15) is 0 Å². The minimum Gasteiger partial charge on any atom is -0.396 e. The summed E-state index contributed by atoms with van der Waals surface area (Å²) in [6.07, 6.45) is 3.04. The van der Waals surface area contributed by atoms with Gasteiger partial charge in [0.05, 0.1) is 0 Å². The lowest BCUT2D eigenvalue weighted by Crippen LogP contribution is -2.50. The van der Waals surface area contributed by atoms with Gasteiger partial charge in [0.2, 0.25) is 0 Å². The third kappa shape index (κ3) is 5.68. The van der Waals surface area contributed by atoms with Gasteiger partial charge in [0.25, 0.3) is 0 Å². The van der Waals surface area contributed by atoms with Crippen molar-refractivity contribution in [3.8, 4) is 0 Å². The third-order valence-electron chi connectivity index (χ3n) is 4.22. The van der Waals surface area contributed by atoms with E-state index in [9.17, 15) is 4.79 Å². The lowest BCUT2D eigenvalue weighted by molar-refractivity contribution is 0.145. The van der Waals surface area contributed by atoms with Crippen LogP contribution in [0.5, 0.6) is 0 Å². The van der Waals surface area contributed by atoms with Gasteiger partial charge in [0, 0.05) is 43.5 Å². The highest BCUT2D eigenvalue weighted by Gasteiger charge is 2.20. The number of hydrogen-bond acceptors (Lipinski definition) is 3. The first-order chi connectivity index (χ1) is 11.1. The summed E-state index contributed by atoms with van der Waals surface area (Å²) < 4.78 is 0. The van der Waals surface area contributed by atoms with Crippen molar-refractivity contribution in [1.29, 1.82) is 0 Å². The number of nitrogens with zero attached hydrogens (tertiary/aromatic N) is 2. The van der Waals surface area contributed by atoms with Crippen LogP contribution in [-0.4, -0.2) is 60.3 Å². The highest BCUT2D eigenvalue weighted by Crippen LogP contribution is 2.20. The molecule has 128 valence electrons. The fourth-order valence-electron chi connectivity index (χ4n) is 2.67. The fourth-order valence-corrected chi connectivity index (χ4v) is 2.85. The monoisotopic (exact) mass is 339 g/mol. The minimum absolute atomic E-state index is 0.0650. The molecule has 1 heterocycles. The van der Waals surface area contributed by atoms with E-state index in [1.807, 2.05) is 24.0 Å². The number of aryl methyl sites for hydroxylation is 1. The molecule has 6 heteroatoms. The molecule has 0 atom stereocenters. The summed E-state index contributed by atoms with van der Waals surface area (Å²) in [7, 11) is 0. The molecule has 0 aliphatic carbocycles. The summed E-state index contributed by atoms with van der Waals surface area (Å²) in [5.74, 6) is 0. The van der Waals surface area contributed by atoms with E-state index in [1.165, 1.54) is 0 Å². The first-order valence-corrected chi connectivity index (χ1v) is 8.63. The van der Waals surface area contributed by atoms with Crippen molar-refractivity contribution in [3.63, 3.8) is 0 Å². The summed E-state index contributed by atoms with van der Waals surface area (Å²) in [5, 5.41) is 12.4. The number of benzene rings is 1. The molecule has 1 aromatic carbocycles. The number of aliphatic hydroxyl groups excluding tert-OH is 1. The zero-order valence-corrected chi connectivity index (χ0v) is 14.5. The number of anilines is 1. The average Bonchev–Trinajstić information content (AvgIpc) is 2.55. The topological polar surface area (TPSA) is 55.8 Å². The van der Waals surface area contributed by atoms with E-state index in [-0.39, 0.29) is 12.6 Å². The average molecular weight is 340 g/mol. The van der Waals surface area contributed by atoms with Crippen molar-refractivity contribution < 1.29 is 9.90 Å². The van der Waals surface area contributed by atoms with Crippen molar-refractivity contribution in [3.05, 3.63) is 28.8 Å². The van der Waals surface area contributed by atoms with Gasteiger partial charge in [-0.1, -0.05) is 17.7 Å². The Labute approximate surface area is 143 Å². The number of hydrogen-bond donors (Lipinski definition) is 2. The summed E-state index contributed by atoms with van der Waals surface area (Å²) in [5.41, 5.74) is 1.73. The maximum absolute atomic E-state index is 12.3. The van der Waals surface area contributed by atoms with Gasteiger partial charge in [-0.25, -0.2) is 4.79 Å². The molecule has 0 radical (unpaired) electrons. The van der Waals surface area contributed by atoms with Crippen LogP contribution in [0, 0.1) is 6.92 Å². The fraction of sp³-hybridized carbons (Fsp3) is 0.588. The summed E-state index contributed by atoms with van der Waals surface area (Å²) in [6, 6.07) is 5.50. The predicted octanol–water partition coefficient (Wildman–Crippen LogP) is 2.96. The second-order valence-electron chi connectivity index (χ2n) is 6.01. The molecule has 1 aliphatic heterocycles. The van der Waals surface area contributed by atoms with Crippen LogP contribution in [0.25, 0.3) is 0 Å². The molecule has 0 unspecified atom stereocenters. The molecular weight excluding hydrogens is 314 g/mol. The van der Waals surface area contributed by atoms with E-state index in [0.29, 0.717) is 5.02 Å². The van der Waals surface area contributed by atoms with E-state index < -0.39 is 0 Å². The molecule has 2 rings (SSSR count). The van der Waals surface area contributed by atoms with Gasteiger partial charge >= 0.3 is 6.03 Å². The molecule has 1 fully saturated rings. The highest BCUT2D eigenvalue weighted by molar-refractivity contribution is 6.31. The van der Waals surface area contributed by atoms with E-state index in [2.05, 4.69) is 10.2 Å². The van der Waals surface area contributed by atoms with E-state index in [1.54, 1.807) is 6.07 Å². The van der Waals surface area contributed by atoms with Gasteiger partial charge in [-0.2, -0.15) is 0 Å². The number of halogens is 1. The summed E-state index contributed by atoms with van der Waals surface area (Å²) >= 11 is 6.09. The normalized spacial score (nSPS) is 15.7. The van der Waals surface area contributed by atoms with Gasteiger partial charge in [-0.3, -0.25) is 4.90 Å². The lowest BCUT2D eigenvalue weighted by Gasteiger charge is -2.34. The van der Waals surface area contributed by atoms with E-state index in [0.717, 1.165) is 63.2 Å². The van der Waals surface area contributed by atoms with E-state index in [4.69, 9.17) is 16.7 Å². The van der Waals surface area contributed by atoms with Crippen molar-refractivity contribution >= 4 is 23.3 Å². The van der Waals surface area contributed by atoms with Crippen molar-refractivity contribution in [2.75, 3.05) is 44.6 Å². The zero-order chi connectivity index (χ0) is 16.7. The quantitative estimate of drug-likeness (QED) is 0.783. The number of unbranched alkanes of at least 4 members (excludes halogenated alkanes) is 2. The molecule has 1 saturated heterocycles. The molecular formula is C17H26ClN3O2. The van der Waals surface area contributed by atoms with E-state index >= 15 is 0 Å². The predicted molar refractivity (Wildman–Crippen MR) is 94.2 cm³/mol. The lowest BCUT2D eigenvalue weighted by atomic mass is 10.2. The number of nitrogens with one attached hydrogen (secondary N) is 1. The number of amides is 2. The molecule has 2 amide bonds. The van der Waals surface area contributed by atoms with Crippen LogP contribution in [0.15, 0.2) is 18.2 Å². The minimum atomic E-state index is -0.0650. The van der Waals surface area contributed by atoms with Crippen LogP contribution < -0.4 is 5.32 Å². The molecule has 0 bridgehead atoms. The second kappa shape index (κ2) is 9.11. The molecule has 1 aromatic rings. The van der Waals surface area contributed by atoms with Crippen LogP contribution >= 0.6 is 11.6 Å². The van der Waals surface area contributed by atoms with Crippen LogP contribution in [0.2, 0.25) is 5.02 Å². The summed E-state index contributed by atoms with van der Waals surface area (Å²) in [4.78, 5) is 16.5. The Morgan fingerprint density at radius 3 is 2.61 bits per heavy atom. The number of piperazine rings is 1. The van der Waals surface area contributed by atoms with Gasteiger partial charge in [0.15, 0.2) is 0 Å². The van der Waals surface area contributed by atoms with Crippen LogP contribution in [0.3, 0.4) is 0 Å². The highest BCUT2D eigenvalue weighted by atomic mass is 35.5.